The van der Waals surface area contributed by atoms with Gasteiger partial charge in [-0.3, -0.25) is 0 Å². The Morgan fingerprint density at radius 3 is 2.50 bits per heavy atom. The maximum atomic E-state index is 5.72. The fourth-order valence-corrected chi connectivity index (χ4v) is 1.40. The van der Waals surface area contributed by atoms with Gasteiger partial charge in [0.1, 0.15) is 9.99 Å². The molecule has 0 saturated heterocycles. The van der Waals surface area contributed by atoms with Crippen LogP contribution in [0.2, 0.25) is 10.2 Å². The van der Waals surface area contributed by atoms with Crippen molar-refractivity contribution in [2.75, 3.05) is 0 Å². The lowest BCUT2D eigenvalue weighted by molar-refractivity contribution is 1.06. The van der Waals surface area contributed by atoms with Crippen LogP contribution in [0.25, 0.3) is 0 Å². The van der Waals surface area contributed by atoms with Crippen molar-refractivity contribution in [3.63, 3.8) is 0 Å². The van der Waals surface area contributed by atoms with Gasteiger partial charge in [-0.05, 0) is 11.6 Å². The lowest BCUT2D eigenvalue weighted by atomic mass is 10.2. The number of pyridine rings is 1. The Morgan fingerprint density at radius 2 is 2.00 bits per heavy atom. The number of alkyl halides is 2. The number of hydrogen-bond donors (Lipinski definition) is 0. The van der Waals surface area contributed by atoms with E-state index in [0.29, 0.717) is 16.6 Å². The fourth-order valence-electron chi connectivity index (χ4n) is 0.751. The van der Waals surface area contributed by atoms with E-state index in [2.05, 4.69) is 4.98 Å². The second kappa shape index (κ2) is 4.52. The lowest BCUT2D eigenvalue weighted by Gasteiger charge is -2.01. The summed E-state index contributed by atoms with van der Waals surface area (Å²) in [6, 6.07) is 1.70. The Kier molecular flexibility index (Phi) is 3.91. The third-order valence-corrected chi connectivity index (χ3v) is 2.24. The molecule has 0 aliphatic carbocycles. The number of aromatic nitrogens is 1. The first kappa shape index (κ1) is 10.4. The second-order valence-corrected chi connectivity index (χ2v) is 4.25. The summed E-state index contributed by atoms with van der Waals surface area (Å²) in [5.74, 6) is 0. The van der Waals surface area contributed by atoms with Crippen LogP contribution < -0.4 is 0 Å². The average Bonchev–Trinajstić information content (AvgIpc) is 1.96. The summed E-state index contributed by atoms with van der Waals surface area (Å²) >= 11 is 22.5. The third kappa shape index (κ3) is 2.98. The van der Waals surface area contributed by atoms with Crippen molar-refractivity contribution in [1.29, 1.82) is 0 Å². The first-order chi connectivity index (χ1) is 5.59. The topological polar surface area (TPSA) is 12.9 Å². The number of halogens is 4. The van der Waals surface area contributed by atoms with E-state index in [1.165, 1.54) is 0 Å². The van der Waals surface area contributed by atoms with Gasteiger partial charge in [0.25, 0.3) is 0 Å². The average molecular weight is 245 g/mol. The van der Waals surface area contributed by atoms with Crippen LogP contribution in [0.1, 0.15) is 5.56 Å². The maximum absolute atomic E-state index is 5.72. The van der Waals surface area contributed by atoms with E-state index in [-0.39, 0.29) is 0 Å². The quantitative estimate of drug-likeness (QED) is 0.571. The van der Waals surface area contributed by atoms with Crippen LogP contribution in [0.5, 0.6) is 0 Å². The molecule has 1 aromatic heterocycles. The Balaban J connectivity index is 2.82. The van der Waals surface area contributed by atoms with Crippen LogP contribution in [-0.4, -0.2) is 9.82 Å². The summed E-state index contributed by atoms with van der Waals surface area (Å²) in [4.78, 5) is 3.41. The van der Waals surface area contributed by atoms with Crippen molar-refractivity contribution in [2.45, 2.75) is 11.3 Å². The zero-order valence-electron chi connectivity index (χ0n) is 5.90. The highest BCUT2D eigenvalue weighted by Crippen LogP contribution is 2.21. The largest absolute Gasteiger partial charge is 0.243 e. The zero-order valence-corrected chi connectivity index (χ0v) is 8.92. The van der Waals surface area contributed by atoms with E-state index in [4.69, 9.17) is 46.4 Å². The van der Waals surface area contributed by atoms with Crippen LogP contribution in [-0.2, 0) is 6.42 Å². The van der Waals surface area contributed by atoms with E-state index in [0.717, 1.165) is 5.56 Å². The molecule has 0 bridgehead atoms. The van der Waals surface area contributed by atoms with Crippen molar-refractivity contribution in [1.82, 2.24) is 4.98 Å². The number of hydrogen-bond acceptors (Lipinski definition) is 1. The van der Waals surface area contributed by atoms with Crippen molar-refractivity contribution >= 4 is 46.4 Å². The Labute approximate surface area is 90.6 Å². The van der Waals surface area contributed by atoms with Crippen LogP contribution in [0.4, 0.5) is 0 Å². The maximum Gasteiger partial charge on any atom is 0.147 e. The minimum Gasteiger partial charge on any atom is -0.243 e. The molecule has 1 nitrogen and oxygen atoms in total. The van der Waals surface area contributed by atoms with E-state index < -0.39 is 4.84 Å². The summed E-state index contributed by atoms with van der Waals surface area (Å²) in [6.07, 6.45) is 2.12. The van der Waals surface area contributed by atoms with Gasteiger partial charge in [0.05, 0.1) is 5.02 Å². The van der Waals surface area contributed by atoms with Crippen LogP contribution in [0, 0.1) is 0 Å². The predicted octanol–water partition coefficient (Wildman–Crippen LogP) is 3.73. The highest BCUT2D eigenvalue weighted by molar-refractivity contribution is 6.44. The van der Waals surface area contributed by atoms with Gasteiger partial charge in [0, 0.05) is 12.6 Å². The Hall–Kier alpha value is 0.310. The molecule has 0 saturated carbocycles. The second-order valence-electron chi connectivity index (χ2n) is 2.21. The normalized spacial score (nSPS) is 10.8. The van der Waals surface area contributed by atoms with Crippen LogP contribution in [0.3, 0.4) is 0 Å². The first-order valence-corrected chi connectivity index (χ1v) is 4.80. The molecule has 12 heavy (non-hydrogen) atoms. The first-order valence-electron chi connectivity index (χ1n) is 3.17. The molecule has 0 aromatic carbocycles. The smallest absolute Gasteiger partial charge is 0.147 e. The van der Waals surface area contributed by atoms with Gasteiger partial charge in [0.2, 0.25) is 0 Å². The molecule has 0 radical (unpaired) electrons. The van der Waals surface area contributed by atoms with Gasteiger partial charge >= 0.3 is 0 Å². The molecule has 0 N–H and O–H groups in total. The molecule has 0 spiro atoms. The summed E-state index contributed by atoms with van der Waals surface area (Å²) in [5.41, 5.74) is 0.874. The van der Waals surface area contributed by atoms with Gasteiger partial charge < -0.3 is 0 Å². The number of rotatable bonds is 2. The summed E-state index contributed by atoms with van der Waals surface area (Å²) in [5, 5.41) is 0.712. The van der Waals surface area contributed by atoms with Gasteiger partial charge in [-0.2, -0.15) is 0 Å². The highest BCUT2D eigenvalue weighted by Gasteiger charge is 2.04. The molecule has 0 unspecified atom stereocenters. The summed E-state index contributed by atoms with van der Waals surface area (Å²) in [7, 11) is 0. The molecule has 0 aliphatic rings. The fraction of sp³-hybridized carbons (Fsp3) is 0.286. The van der Waals surface area contributed by atoms with Gasteiger partial charge in [-0.1, -0.05) is 23.2 Å². The molecule has 1 rings (SSSR count). The van der Waals surface area contributed by atoms with Gasteiger partial charge in [-0.25, -0.2) is 4.98 Å². The molecule has 0 fully saturated rings. The zero-order chi connectivity index (χ0) is 9.14. The molecular weight excluding hydrogens is 240 g/mol. The Bertz CT molecular complexity index is 274. The Morgan fingerprint density at radius 1 is 1.33 bits per heavy atom. The van der Waals surface area contributed by atoms with Gasteiger partial charge in [0.15, 0.2) is 0 Å². The van der Waals surface area contributed by atoms with Crippen molar-refractivity contribution in [2.24, 2.45) is 0 Å². The summed E-state index contributed by atoms with van der Waals surface area (Å²) in [6.45, 7) is 0. The molecule has 0 aliphatic heterocycles. The third-order valence-electron chi connectivity index (χ3n) is 1.24. The van der Waals surface area contributed by atoms with Crippen molar-refractivity contribution in [3.05, 3.63) is 28.0 Å². The highest BCUT2D eigenvalue weighted by atomic mass is 35.5. The minimum atomic E-state index is -0.441. The van der Waals surface area contributed by atoms with Crippen molar-refractivity contribution in [3.8, 4) is 0 Å². The van der Waals surface area contributed by atoms with Crippen LogP contribution >= 0.6 is 46.4 Å². The predicted molar refractivity (Wildman–Crippen MR) is 53.5 cm³/mol. The molecular formula is C7H5Cl4N. The van der Waals surface area contributed by atoms with Gasteiger partial charge in [-0.15, -0.1) is 23.2 Å². The van der Waals surface area contributed by atoms with E-state index in [1.807, 2.05) is 0 Å². The standard InChI is InChI=1S/C7H5Cl4N/c8-5-1-4(2-6(9)10)3-12-7(5)11/h1,3,6H,2H2. The van der Waals surface area contributed by atoms with E-state index in [9.17, 15) is 0 Å². The molecule has 1 heterocycles. The molecule has 66 valence electrons. The van der Waals surface area contributed by atoms with Crippen LogP contribution in [0.15, 0.2) is 12.3 Å². The molecule has 0 amide bonds. The monoisotopic (exact) mass is 243 g/mol. The van der Waals surface area contributed by atoms with E-state index in [1.54, 1.807) is 12.3 Å². The molecule has 1 aromatic rings. The molecule has 5 heteroatoms. The SMILES string of the molecule is Clc1cc(CC(Cl)Cl)cnc1Cl. The van der Waals surface area contributed by atoms with E-state index >= 15 is 0 Å². The van der Waals surface area contributed by atoms with Crippen molar-refractivity contribution < 1.29 is 0 Å². The number of nitrogens with zero attached hydrogens (tertiary/aromatic N) is 1. The molecule has 0 atom stereocenters. The summed E-state index contributed by atoms with van der Waals surface area (Å²) < 4.78 is 0. The minimum absolute atomic E-state index is 0.293. The lowest BCUT2D eigenvalue weighted by Crippen LogP contribution is -1.94.